The highest BCUT2D eigenvalue weighted by Gasteiger charge is 2.38. The number of ether oxygens (including phenoxy) is 2. The van der Waals surface area contributed by atoms with Gasteiger partial charge in [-0.25, -0.2) is 4.79 Å². The zero-order valence-corrected chi connectivity index (χ0v) is 24.5. The number of amides is 2. The quantitative estimate of drug-likeness (QED) is 0.237. The molecule has 9 nitrogen and oxygen atoms in total. The van der Waals surface area contributed by atoms with E-state index in [2.05, 4.69) is 16.0 Å². The SMILES string of the molecule is COc1ccc(CN[C@@H](C(=O)N[C@H]2c3ccccc3CC2O)[C@H](O)[C@H](Cc2ccccc2)NC(=O)OC(C)(C)C)cc1. The Morgan fingerprint density at radius 1 is 0.952 bits per heavy atom. The fourth-order valence-corrected chi connectivity index (χ4v) is 5.15. The second-order valence-electron chi connectivity index (χ2n) is 11.6. The molecule has 0 bridgehead atoms. The number of carbonyl (C=O) groups excluding carboxylic acids is 2. The van der Waals surface area contributed by atoms with Crippen LogP contribution in [0.5, 0.6) is 5.75 Å². The summed E-state index contributed by atoms with van der Waals surface area (Å²) in [6.45, 7) is 5.53. The average Bonchev–Trinajstić information content (AvgIpc) is 3.27. The van der Waals surface area contributed by atoms with Crippen LogP contribution >= 0.6 is 0 Å². The lowest BCUT2D eigenvalue weighted by atomic mass is 9.95. The number of alkyl carbamates (subject to hydrolysis) is 1. The fraction of sp³-hybridized carbons (Fsp3) is 0.394. The van der Waals surface area contributed by atoms with Crippen LogP contribution in [-0.4, -0.2) is 59.2 Å². The summed E-state index contributed by atoms with van der Waals surface area (Å²) in [6.07, 6.45) is -2.18. The van der Waals surface area contributed by atoms with Gasteiger partial charge in [-0.2, -0.15) is 0 Å². The molecule has 2 amide bonds. The van der Waals surface area contributed by atoms with E-state index in [9.17, 15) is 19.8 Å². The number of aliphatic hydroxyl groups excluding tert-OH is 2. The maximum Gasteiger partial charge on any atom is 0.407 e. The van der Waals surface area contributed by atoms with Crippen molar-refractivity contribution < 1.29 is 29.3 Å². The Balaban J connectivity index is 1.60. The van der Waals surface area contributed by atoms with E-state index >= 15 is 0 Å². The summed E-state index contributed by atoms with van der Waals surface area (Å²) in [5.41, 5.74) is 2.79. The Bertz CT molecular complexity index is 1330. The van der Waals surface area contributed by atoms with Gasteiger partial charge < -0.3 is 30.3 Å². The molecule has 0 aromatic heterocycles. The molecule has 1 aliphatic rings. The molecule has 5 atom stereocenters. The number of benzene rings is 3. The number of aliphatic hydroxyl groups is 2. The molecular weight excluding hydrogens is 534 g/mol. The Labute approximate surface area is 247 Å². The lowest BCUT2D eigenvalue weighted by molar-refractivity contribution is -0.128. The van der Waals surface area contributed by atoms with E-state index in [1.807, 2.05) is 78.9 Å². The van der Waals surface area contributed by atoms with Crippen LogP contribution in [0.25, 0.3) is 0 Å². The first-order valence-electron chi connectivity index (χ1n) is 14.2. The highest BCUT2D eigenvalue weighted by molar-refractivity contribution is 5.83. The second kappa shape index (κ2) is 13.8. The highest BCUT2D eigenvalue weighted by atomic mass is 16.6. The monoisotopic (exact) mass is 575 g/mol. The predicted molar refractivity (Wildman–Crippen MR) is 160 cm³/mol. The summed E-state index contributed by atoms with van der Waals surface area (Å²) in [4.78, 5) is 26.7. The van der Waals surface area contributed by atoms with E-state index in [0.29, 0.717) is 12.2 Å². The van der Waals surface area contributed by atoms with Gasteiger partial charge in [-0.05, 0) is 61.6 Å². The molecule has 1 aliphatic carbocycles. The summed E-state index contributed by atoms with van der Waals surface area (Å²) in [5.74, 6) is 0.201. The van der Waals surface area contributed by atoms with Crippen molar-refractivity contribution in [1.82, 2.24) is 16.0 Å². The van der Waals surface area contributed by atoms with Crippen molar-refractivity contribution in [2.75, 3.05) is 7.11 Å². The van der Waals surface area contributed by atoms with Crippen LogP contribution in [-0.2, 0) is 28.9 Å². The molecular formula is C33H41N3O6. The van der Waals surface area contributed by atoms with Gasteiger partial charge in [-0.3, -0.25) is 10.1 Å². The molecule has 9 heteroatoms. The maximum absolute atomic E-state index is 13.9. The molecule has 1 unspecified atom stereocenters. The van der Waals surface area contributed by atoms with Gasteiger partial charge in [0.2, 0.25) is 5.91 Å². The maximum atomic E-state index is 13.9. The Kier molecular flexibility index (Phi) is 10.2. The van der Waals surface area contributed by atoms with E-state index < -0.39 is 47.9 Å². The van der Waals surface area contributed by atoms with Gasteiger partial charge in [0.15, 0.2) is 0 Å². The van der Waals surface area contributed by atoms with Crippen LogP contribution in [0.2, 0.25) is 0 Å². The molecule has 0 spiro atoms. The van der Waals surface area contributed by atoms with Crippen molar-refractivity contribution in [3.63, 3.8) is 0 Å². The summed E-state index contributed by atoms with van der Waals surface area (Å²) in [6, 6.07) is 21.7. The minimum absolute atomic E-state index is 0.254. The lowest BCUT2D eigenvalue weighted by Crippen LogP contribution is -2.60. The van der Waals surface area contributed by atoms with Gasteiger partial charge in [-0.1, -0.05) is 66.7 Å². The molecule has 0 aliphatic heterocycles. The Morgan fingerprint density at radius 2 is 1.62 bits per heavy atom. The van der Waals surface area contributed by atoms with Crippen molar-refractivity contribution in [2.24, 2.45) is 0 Å². The molecule has 5 N–H and O–H groups in total. The number of hydrogen-bond acceptors (Lipinski definition) is 7. The van der Waals surface area contributed by atoms with E-state index in [4.69, 9.17) is 9.47 Å². The van der Waals surface area contributed by atoms with Gasteiger partial charge >= 0.3 is 6.09 Å². The van der Waals surface area contributed by atoms with E-state index in [1.165, 1.54) is 0 Å². The standard InChI is InChI=1S/C33H41N3O6/c1-33(2,3)42-32(40)35-26(18-21-10-6-5-7-11-21)30(38)29(34-20-22-14-16-24(41-4)17-15-22)31(39)36-28-25-13-9-8-12-23(25)19-27(28)37/h5-17,26-30,34,37-38H,18-20H2,1-4H3,(H,35,40)(H,36,39)/t26-,27?,28-,29+,30+/m0/s1. The summed E-state index contributed by atoms with van der Waals surface area (Å²) in [5, 5.41) is 31.5. The number of rotatable bonds is 11. The third-order valence-electron chi connectivity index (χ3n) is 7.22. The number of nitrogens with one attached hydrogen (secondary N) is 3. The second-order valence-corrected chi connectivity index (χ2v) is 11.6. The van der Waals surface area contributed by atoms with Gasteiger partial charge in [-0.15, -0.1) is 0 Å². The minimum Gasteiger partial charge on any atom is -0.497 e. The van der Waals surface area contributed by atoms with E-state index in [0.717, 1.165) is 22.3 Å². The zero-order valence-electron chi connectivity index (χ0n) is 24.5. The molecule has 0 heterocycles. The predicted octanol–water partition coefficient (Wildman–Crippen LogP) is 3.42. The van der Waals surface area contributed by atoms with Crippen molar-refractivity contribution in [2.45, 2.75) is 76.1 Å². The van der Waals surface area contributed by atoms with E-state index in [1.54, 1.807) is 27.9 Å². The first-order valence-corrected chi connectivity index (χ1v) is 14.2. The molecule has 0 fully saturated rings. The first-order chi connectivity index (χ1) is 20.0. The van der Waals surface area contributed by atoms with Crippen molar-refractivity contribution in [3.8, 4) is 5.75 Å². The summed E-state index contributed by atoms with van der Waals surface area (Å²) < 4.78 is 10.7. The van der Waals surface area contributed by atoms with Crippen molar-refractivity contribution in [1.29, 1.82) is 0 Å². The van der Waals surface area contributed by atoms with Gasteiger partial charge in [0.1, 0.15) is 17.4 Å². The smallest absolute Gasteiger partial charge is 0.407 e. The number of methoxy groups -OCH3 is 1. The Morgan fingerprint density at radius 3 is 2.29 bits per heavy atom. The molecule has 0 radical (unpaired) electrons. The molecule has 224 valence electrons. The molecule has 42 heavy (non-hydrogen) atoms. The minimum atomic E-state index is -1.36. The van der Waals surface area contributed by atoms with Gasteiger partial charge in [0.05, 0.1) is 31.4 Å². The summed E-state index contributed by atoms with van der Waals surface area (Å²) in [7, 11) is 1.59. The molecule has 0 saturated heterocycles. The first kappa shape index (κ1) is 31.0. The third kappa shape index (κ3) is 8.31. The lowest BCUT2D eigenvalue weighted by Gasteiger charge is -2.32. The van der Waals surface area contributed by atoms with Crippen LogP contribution in [0, 0.1) is 0 Å². The van der Waals surface area contributed by atoms with E-state index in [-0.39, 0.29) is 13.0 Å². The highest BCUT2D eigenvalue weighted by Crippen LogP contribution is 2.31. The van der Waals surface area contributed by atoms with Crippen LogP contribution in [0.4, 0.5) is 4.79 Å². The molecule has 4 rings (SSSR count). The van der Waals surface area contributed by atoms with Crippen LogP contribution in [0.3, 0.4) is 0 Å². The largest absolute Gasteiger partial charge is 0.497 e. The van der Waals surface area contributed by atoms with Gasteiger partial charge in [0.25, 0.3) is 0 Å². The third-order valence-corrected chi connectivity index (χ3v) is 7.22. The fourth-order valence-electron chi connectivity index (χ4n) is 5.15. The van der Waals surface area contributed by atoms with Gasteiger partial charge in [0, 0.05) is 13.0 Å². The molecule has 3 aromatic carbocycles. The zero-order chi connectivity index (χ0) is 30.3. The van der Waals surface area contributed by atoms with Crippen molar-refractivity contribution in [3.05, 3.63) is 101 Å². The van der Waals surface area contributed by atoms with Crippen molar-refractivity contribution >= 4 is 12.0 Å². The normalized spacial score (nSPS) is 18.3. The number of hydrogen-bond donors (Lipinski definition) is 5. The Hall–Kier alpha value is -3.92. The summed E-state index contributed by atoms with van der Waals surface area (Å²) >= 11 is 0. The topological polar surface area (TPSA) is 129 Å². The van der Waals surface area contributed by atoms with Crippen LogP contribution in [0.1, 0.15) is 49.1 Å². The number of fused-ring (bicyclic) bond motifs is 1. The molecule has 3 aromatic rings. The average molecular weight is 576 g/mol. The van der Waals surface area contributed by atoms with Crippen LogP contribution in [0.15, 0.2) is 78.9 Å². The van der Waals surface area contributed by atoms with Crippen LogP contribution < -0.4 is 20.7 Å². The molecule has 0 saturated carbocycles. The number of carbonyl (C=O) groups is 2.